The molecule has 0 radical (unpaired) electrons. The summed E-state index contributed by atoms with van der Waals surface area (Å²) in [5.41, 5.74) is 0.0870. The summed E-state index contributed by atoms with van der Waals surface area (Å²) in [6.07, 6.45) is 2.46. The zero-order chi connectivity index (χ0) is 12.0. The van der Waals surface area contributed by atoms with Crippen LogP contribution in [-0.4, -0.2) is 35.0 Å². The van der Waals surface area contributed by atoms with Crippen LogP contribution in [0.15, 0.2) is 23.2 Å². The van der Waals surface area contributed by atoms with Gasteiger partial charge < -0.3 is 9.84 Å². The fourth-order valence-electron chi connectivity index (χ4n) is 1.18. The van der Waals surface area contributed by atoms with Crippen molar-refractivity contribution in [3.8, 4) is 0 Å². The number of rotatable bonds is 6. The molecule has 4 nitrogen and oxygen atoms in total. The van der Waals surface area contributed by atoms with Crippen LogP contribution in [0.25, 0.3) is 0 Å². The minimum absolute atomic E-state index is 0.0870. The molecule has 16 heavy (non-hydrogen) atoms. The third-order valence-corrected chi connectivity index (χ3v) is 3.18. The highest BCUT2D eigenvalue weighted by atomic mass is 32.2. The Bertz CT molecular complexity index is 357. The van der Waals surface area contributed by atoms with E-state index in [0.29, 0.717) is 11.9 Å². The highest BCUT2D eigenvalue weighted by molar-refractivity contribution is 7.99. The van der Waals surface area contributed by atoms with Crippen LogP contribution in [0.5, 0.6) is 0 Å². The van der Waals surface area contributed by atoms with Gasteiger partial charge in [0.05, 0.1) is 0 Å². The second kappa shape index (κ2) is 6.50. The number of hydrogen-bond acceptors (Lipinski definition) is 4. The van der Waals surface area contributed by atoms with E-state index in [0.717, 1.165) is 11.3 Å². The number of nitrogens with zero attached hydrogens (tertiary/aromatic N) is 1. The predicted molar refractivity (Wildman–Crippen MR) is 63.0 cm³/mol. The molecule has 0 fully saturated rings. The third kappa shape index (κ3) is 4.20. The summed E-state index contributed by atoms with van der Waals surface area (Å²) in [5.74, 6) is -0.994. The number of ether oxygens (including phenoxy) is 1. The molecule has 0 saturated carbocycles. The molecule has 0 aliphatic carbocycles. The number of thioether (sulfide) groups is 1. The zero-order valence-corrected chi connectivity index (χ0v) is 10.2. The molecule has 1 N–H and O–H groups in total. The smallest absolute Gasteiger partial charge is 0.354 e. The number of aromatic carboxylic acids is 1. The molecule has 0 amide bonds. The van der Waals surface area contributed by atoms with Gasteiger partial charge in [-0.15, -0.1) is 11.8 Å². The largest absolute Gasteiger partial charge is 0.477 e. The van der Waals surface area contributed by atoms with Crippen LogP contribution in [0.3, 0.4) is 0 Å². The van der Waals surface area contributed by atoms with Crippen LogP contribution in [0, 0.1) is 0 Å². The molecule has 0 spiro atoms. The molecule has 88 valence electrons. The lowest BCUT2D eigenvalue weighted by Gasteiger charge is -2.10. The molecule has 1 heterocycles. The Morgan fingerprint density at radius 1 is 1.69 bits per heavy atom. The van der Waals surface area contributed by atoms with Crippen LogP contribution in [0.2, 0.25) is 0 Å². The summed E-state index contributed by atoms with van der Waals surface area (Å²) in [4.78, 5) is 15.4. The Morgan fingerprint density at radius 3 is 3.06 bits per heavy atom. The average Bonchev–Trinajstić information content (AvgIpc) is 2.26. The summed E-state index contributed by atoms with van der Waals surface area (Å²) in [6.45, 7) is 2.80. The average molecular weight is 241 g/mol. The van der Waals surface area contributed by atoms with Crippen molar-refractivity contribution in [2.75, 3.05) is 13.7 Å². The van der Waals surface area contributed by atoms with Gasteiger partial charge >= 0.3 is 5.97 Å². The Morgan fingerprint density at radius 2 is 2.44 bits per heavy atom. The van der Waals surface area contributed by atoms with Gasteiger partial charge in [0.2, 0.25) is 0 Å². The third-order valence-electron chi connectivity index (χ3n) is 2.02. The van der Waals surface area contributed by atoms with Gasteiger partial charge in [0, 0.05) is 30.1 Å². The Hall–Kier alpha value is -1.07. The summed E-state index contributed by atoms with van der Waals surface area (Å²) in [6, 6.07) is 3.41. The van der Waals surface area contributed by atoms with Gasteiger partial charge in [0.15, 0.2) is 0 Å². The normalized spacial score (nSPS) is 12.4. The second-order valence-corrected chi connectivity index (χ2v) is 4.90. The first-order valence-corrected chi connectivity index (χ1v) is 5.86. The number of methoxy groups -OCH3 is 1. The maximum absolute atomic E-state index is 10.7. The SMILES string of the molecule is COCCC(C)Sc1ccnc(C(=O)O)c1. The molecular formula is C11H15NO3S. The molecule has 1 unspecified atom stereocenters. The summed E-state index contributed by atoms with van der Waals surface area (Å²) in [7, 11) is 1.67. The van der Waals surface area contributed by atoms with E-state index in [1.807, 2.05) is 6.07 Å². The van der Waals surface area contributed by atoms with Gasteiger partial charge in [-0.25, -0.2) is 9.78 Å². The van der Waals surface area contributed by atoms with E-state index in [1.165, 1.54) is 6.20 Å². The fraction of sp³-hybridized carbons (Fsp3) is 0.455. The van der Waals surface area contributed by atoms with Crippen LogP contribution in [-0.2, 0) is 4.74 Å². The molecule has 0 bridgehead atoms. The van der Waals surface area contributed by atoms with Gasteiger partial charge in [0.1, 0.15) is 5.69 Å². The summed E-state index contributed by atoms with van der Waals surface area (Å²) >= 11 is 1.63. The minimum atomic E-state index is -0.994. The predicted octanol–water partition coefficient (Wildman–Crippen LogP) is 2.30. The van der Waals surface area contributed by atoms with E-state index < -0.39 is 5.97 Å². The molecule has 1 aromatic heterocycles. The maximum Gasteiger partial charge on any atom is 0.354 e. The summed E-state index contributed by atoms with van der Waals surface area (Å²) < 4.78 is 4.99. The van der Waals surface area contributed by atoms with Crippen LogP contribution in [0.4, 0.5) is 0 Å². The van der Waals surface area contributed by atoms with Crippen LogP contribution < -0.4 is 0 Å². The molecule has 0 aliphatic rings. The van der Waals surface area contributed by atoms with E-state index in [-0.39, 0.29) is 5.69 Å². The topological polar surface area (TPSA) is 59.4 Å². The highest BCUT2D eigenvalue weighted by Gasteiger charge is 2.08. The van der Waals surface area contributed by atoms with Crippen molar-refractivity contribution < 1.29 is 14.6 Å². The molecule has 1 aromatic rings. The number of pyridine rings is 1. The Labute approximate surface area is 99.0 Å². The van der Waals surface area contributed by atoms with Crippen molar-refractivity contribution in [1.82, 2.24) is 4.98 Å². The lowest BCUT2D eigenvalue weighted by atomic mass is 10.3. The number of carbonyl (C=O) groups is 1. The van der Waals surface area contributed by atoms with E-state index >= 15 is 0 Å². The van der Waals surface area contributed by atoms with Crippen molar-refractivity contribution >= 4 is 17.7 Å². The van der Waals surface area contributed by atoms with Gasteiger partial charge in [-0.1, -0.05) is 6.92 Å². The molecule has 1 rings (SSSR count). The van der Waals surface area contributed by atoms with Gasteiger partial charge in [0.25, 0.3) is 0 Å². The van der Waals surface area contributed by atoms with Crippen molar-refractivity contribution in [1.29, 1.82) is 0 Å². The number of aromatic nitrogens is 1. The lowest BCUT2D eigenvalue weighted by molar-refractivity contribution is 0.0690. The summed E-state index contributed by atoms with van der Waals surface area (Å²) in [5, 5.41) is 9.19. The van der Waals surface area contributed by atoms with Gasteiger partial charge in [-0.3, -0.25) is 0 Å². The molecule has 0 aromatic carbocycles. The molecular weight excluding hydrogens is 226 g/mol. The van der Waals surface area contributed by atoms with Crippen molar-refractivity contribution in [2.24, 2.45) is 0 Å². The van der Waals surface area contributed by atoms with Crippen molar-refractivity contribution in [3.05, 3.63) is 24.0 Å². The first-order chi connectivity index (χ1) is 7.63. The van der Waals surface area contributed by atoms with Crippen LogP contribution >= 0.6 is 11.8 Å². The number of hydrogen-bond donors (Lipinski definition) is 1. The first-order valence-electron chi connectivity index (χ1n) is 4.98. The second-order valence-electron chi connectivity index (χ2n) is 3.39. The molecule has 0 saturated heterocycles. The molecule has 5 heteroatoms. The van der Waals surface area contributed by atoms with E-state index in [2.05, 4.69) is 11.9 Å². The van der Waals surface area contributed by atoms with Crippen molar-refractivity contribution in [2.45, 2.75) is 23.5 Å². The van der Waals surface area contributed by atoms with Gasteiger partial charge in [-0.2, -0.15) is 0 Å². The zero-order valence-electron chi connectivity index (χ0n) is 9.34. The highest BCUT2D eigenvalue weighted by Crippen LogP contribution is 2.25. The van der Waals surface area contributed by atoms with Crippen molar-refractivity contribution in [3.63, 3.8) is 0 Å². The lowest BCUT2D eigenvalue weighted by Crippen LogP contribution is -2.03. The minimum Gasteiger partial charge on any atom is -0.477 e. The standard InChI is InChI=1S/C11H15NO3S/c1-8(4-6-15-2)16-9-3-5-12-10(7-9)11(13)14/h3,5,7-8H,4,6H2,1-2H3,(H,13,14). The first kappa shape index (κ1) is 13.0. The van der Waals surface area contributed by atoms with E-state index in [9.17, 15) is 4.79 Å². The monoisotopic (exact) mass is 241 g/mol. The maximum atomic E-state index is 10.7. The van der Waals surface area contributed by atoms with Crippen LogP contribution in [0.1, 0.15) is 23.8 Å². The Balaban J connectivity index is 2.59. The van der Waals surface area contributed by atoms with E-state index in [4.69, 9.17) is 9.84 Å². The van der Waals surface area contributed by atoms with Gasteiger partial charge in [-0.05, 0) is 18.6 Å². The number of carboxylic acid groups (broad SMARTS) is 1. The molecule has 1 atom stereocenters. The quantitative estimate of drug-likeness (QED) is 0.774. The Kier molecular flexibility index (Phi) is 5.28. The van der Waals surface area contributed by atoms with E-state index in [1.54, 1.807) is 24.9 Å². The fourth-order valence-corrected chi connectivity index (χ4v) is 2.17. The number of carboxylic acids is 1. The molecule has 0 aliphatic heterocycles.